The summed E-state index contributed by atoms with van der Waals surface area (Å²) >= 11 is 1.56. The summed E-state index contributed by atoms with van der Waals surface area (Å²) in [6, 6.07) is 4.95. The Hall–Kier alpha value is -1.58. The molecule has 0 saturated heterocycles. The summed E-state index contributed by atoms with van der Waals surface area (Å²) in [4.78, 5) is 0.996. The van der Waals surface area contributed by atoms with E-state index in [1.807, 2.05) is 19.9 Å². The van der Waals surface area contributed by atoms with Crippen molar-refractivity contribution < 1.29 is 38.6 Å². The van der Waals surface area contributed by atoms with E-state index in [-0.39, 0.29) is 29.3 Å². The van der Waals surface area contributed by atoms with Crippen molar-refractivity contribution in [2.45, 2.75) is 46.3 Å². The van der Waals surface area contributed by atoms with Gasteiger partial charge in [-0.05, 0) is 24.6 Å². The van der Waals surface area contributed by atoms with Crippen LogP contribution < -0.4 is 0 Å². The number of rotatable bonds is 5. The first-order chi connectivity index (χ1) is 13.8. The Kier molecular flexibility index (Phi) is 9.38. The third-order valence-electron chi connectivity index (χ3n) is 4.44. The van der Waals surface area contributed by atoms with Crippen LogP contribution in [0, 0.1) is 5.82 Å². The molecule has 2 unspecified atom stereocenters. The van der Waals surface area contributed by atoms with E-state index in [1.165, 1.54) is 18.2 Å². The first-order valence-corrected chi connectivity index (χ1v) is 14.1. The Morgan fingerprint density at radius 3 is 2.20 bits per heavy atom. The predicted octanol–water partition coefficient (Wildman–Crippen LogP) is 6.30. The quantitative estimate of drug-likeness (QED) is 0.291. The SMILES string of the molecule is C/C=C(\C)[S](C)(=O)=[Os].C=CC(C)c1nn(CC)c(C(F)(F)F)c1-c1ccc(F)cc1. The molecule has 168 valence electrons. The maximum atomic E-state index is 13.5. The van der Waals surface area contributed by atoms with Crippen LogP contribution in [0.3, 0.4) is 0 Å². The van der Waals surface area contributed by atoms with Gasteiger partial charge in [-0.25, -0.2) is 4.39 Å². The Balaban J connectivity index is 0.000000479. The van der Waals surface area contributed by atoms with Crippen LogP contribution in [0.4, 0.5) is 17.6 Å². The van der Waals surface area contributed by atoms with Crippen LogP contribution in [0.25, 0.3) is 11.1 Å². The Morgan fingerprint density at radius 1 is 1.33 bits per heavy atom. The number of aryl methyl sites for hydroxylation is 1. The molecule has 0 aliphatic rings. The van der Waals surface area contributed by atoms with E-state index < -0.39 is 25.0 Å². The van der Waals surface area contributed by atoms with Crippen LogP contribution in [-0.2, 0) is 36.9 Å². The number of benzene rings is 1. The van der Waals surface area contributed by atoms with Gasteiger partial charge in [-0.15, -0.1) is 6.58 Å². The second kappa shape index (κ2) is 10.6. The van der Waals surface area contributed by atoms with Crippen LogP contribution >= 0.6 is 0 Å². The van der Waals surface area contributed by atoms with Crippen LogP contribution in [0.15, 0.2) is 47.9 Å². The van der Waals surface area contributed by atoms with Crippen molar-refractivity contribution in [3.05, 3.63) is 65.1 Å². The van der Waals surface area contributed by atoms with Crippen LogP contribution in [0.5, 0.6) is 0 Å². The Labute approximate surface area is 184 Å². The van der Waals surface area contributed by atoms with E-state index in [0.717, 1.165) is 21.7 Å². The number of alkyl halides is 3. The smallest absolute Gasteiger partial charge is 0.260 e. The summed E-state index contributed by atoms with van der Waals surface area (Å²) in [5.41, 5.74) is -0.250. The molecule has 2 rings (SSSR count). The van der Waals surface area contributed by atoms with E-state index in [1.54, 1.807) is 36.9 Å². The molecule has 0 aliphatic carbocycles. The molecular weight excluding hydrogens is 595 g/mol. The average Bonchev–Trinajstić information content (AvgIpc) is 3.07. The maximum Gasteiger partial charge on any atom is 0.433 e. The fourth-order valence-corrected chi connectivity index (χ4v) is 3.85. The van der Waals surface area contributed by atoms with Crippen molar-refractivity contribution in [2.24, 2.45) is 0 Å². The minimum absolute atomic E-state index is 0.0123. The molecule has 2 aromatic rings. The summed E-state index contributed by atoms with van der Waals surface area (Å²) in [5.74, 6) is -0.854. The zero-order valence-electron chi connectivity index (χ0n) is 17.5. The number of allylic oxidation sites excluding steroid dienone is 3. The fourth-order valence-electron chi connectivity index (χ4n) is 2.54. The third kappa shape index (κ3) is 6.71. The van der Waals surface area contributed by atoms with Gasteiger partial charge in [-0.2, -0.15) is 18.3 Å². The molecule has 0 amide bonds. The van der Waals surface area contributed by atoms with E-state index >= 15 is 0 Å². The molecule has 2 atom stereocenters. The van der Waals surface area contributed by atoms with Gasteiger partial charge in [0.05, 0.1) is 5.69 Å². The monoisotopic (exact) mass is 622 g/mol. The van der Waals surface area contributed by atoms with Gasteiger partial charge in [-0.1, -0.05) is 25.1 Å². The van der Waals surface area contributed by atoms with Crippen molar-refractivity contribution in [3.63, 3.8) is 0 Å². The zero-order chi connectivity index (χ0) is 23.3. The first kappa shape index (κ1) is 26.5. The van der Waals surface area contributed by atoms with Crippen molar-refractivity contribution >= 4 is 7.36 Å². The van der Waals surface area contributed by atoms with Crippen LogP contribution in [0.1, 0.15) is 45.0 Å². The topological polar surface area (TPSA) is 34.9 Å². The summed E-state index contributed by atoms with van der Waals surface area (Å²) in [6.07, 6.45) is 0.650. The van der Waals surface area contributed by atoms with Gasteiger partial charge in [0.25, 0.3) is 0 Å². The van der Waals surface area contributed by atoms with E-state index in [4.69, 9.17) is 0 Å². The molecule has 3 nitrogen and oxygen atoms in total. The van der Waals surface area contributed by atoms with Gasteiger partial charge >= 0.3 is 65.7 Å². The maximum absolute atomic E-state index is 13.5. The van der Waals surface area contributed by atoms with Gasteiger partial charge in [0, 0.05) is 18.0 Å². The molecule has 0 fully saturated rings. The summed E-state index contributed by atoms with van der Waals surface area (Å²) in [6.45, 7) is 10.8. The second-order valence-corrected chi connectivity index (χ2v) is 14.6. The van der Waals surface area contributed by atoms with Gasteiger partial charge in [0.2, 0.25) is 0 Å². The van der Waals surface area contributed by atoms with E-state index in [0.29, 0.717) is 0 Å². The van der Waals surface area contributed by atoms with Gasteiger partial charge in [-0.3, -0.25) is 4.68 Å². The molecule has 9 heteroatoms. The zero-order valence-corrected chi connectivity index (χ0v) is 20.9. The molecule has 1 heterocycles. The molecule has 0 N–H and O–H groups in total. The standard InChI is InChI=1S/C16H16F4N2.C5H10OS.Os/c1-4-10(3)14-13(11-6-8-12(17)9-7-11)15(16(18,19)20)22(5-2)21-14;1-4-5(2)7(3)6;/h4,6-10H,1,5H2,2-3H3;4H,1-3H3;/b;5-4+;. The van der Waals surface area contributed by atoms with Crippen molar-refractivity contribution in [1.29, 1.82) is 0 Å². The van der Waals surface area contributed by atoms with Crippen molar-refractivity contribution in [3.8, 4) is 11.1 Å². The van der Waals surface area contributed by atoms with Crippen LogP contribution in [0.2, 0.25) is 0 Å². The molecule has 0 aliphatic heterocycles. The first-order valence-electron chi connectivity index (χ1n) is 9.14. The van der Waals surface area contributed by atoms with Crippen LogP contribution in [-0.4, -0.2) is 20.2 Å². The molecule has 0 saturated carbocycles. The normalized spacial score (nSPS) is 15.1. The number of hydrogen-bond acceptors (Lipinski definition) is 2. The van der Waals surface area contributed by atoms with Gasteiger partial charge in [0.1, 0.15) is 5.82 Å². The molecular formula is C21H26F4N2OOsS. The number of aromatic nitrogens is 2. The summed E-state index contributed by atoms with van der Waals surface area (Å²) in [5, 5.41) is 4.10. The fraction of sp³-hybridized carbons (Fsp3) is 0.381. The molecule has 1 aromatic heterocycles. The van der Waals surface area contributed by atoms with Gasteiger partial charge in [0.15, 0.2) is 5.69 Å². The second-order valence-electron chi connectivity index (χ2n) is 6.58. The Morgan fingerprint density at radius 2 is 1.87 bits per heavy atom. The Bertz CT molecular complexity index is 1010. The summed E-state index contributed by atoms with van der Waals surface area (Å²) in [7, 11) is -1.61. The average molecular weight is 621 g/mol. The van der Waals surface area contributed by atoms with Crippen molar-refractivity contribution in [2.75, 3.05) is 6.26 Å². The number of halogens is 4. The molecule has 0 bridgehead atoms. The molecule has 30 heavy (non-hydrogen) atoms. The van der Waals surface area contributed by atoms with E-state index in [9.17, 15) is 21.8 Å². The van der Waals surface area contributed by atoms with Gasteiger partial charge < -0.3 is 0 Å². The number of nitrogens with zero attached hydrogens (tertiary/aromatic N) is 2. The molecule has 1 aromatic carbocycles. The minimum atomic E-state index is -4.55. The predicted molar refractivity (Wildman–Crippen MR) is 110 cm³/mol. The third-order valence-corrected chi connectivity index (χ3v) is 8.26. The number of hydrogen-bond donors (Lipinski definition) is 0. The van der Waals surface area contributed by atoms with E-state index in [2.05, 4.69) is 11.7 Å². The summed E-state index contributed by atoms with van der Waals surface area (Å²) < 4.78 is 65.5. The minimum Gasteiger partial charge on any atom is -0.260 e. The largest absolute Gasteiger partial charge is 0.433 e. The molecule has 0 radical (unpaired) electrons. The van der Waals surface area contributed by atoms with Crippen molar-refractivity contribution in [1.82, 2.24) is 9.78 Å². The molecule has 0 spiro atoms.